The highest BCUT2D eigenvalue weighted by molar-refractivity contribution is 5.92. The first-order valence-electron chi connectivity index (χ1n) is 7.62. The summed E-state index contributed by atoms with van der Waals surface area (Å²) in [6.45, 7) is 5.42. The quantitative estimate of drug-likeness (QED) is 0.857. The van der Waals surface area contributed by atoms with Crippen molar-refractivity contribution in [2.45, 2.75) is 32.9 Å². The van der Waals surface area contributed by atoms with Crippen LogP contribution in [-0.4, -0.2) is 39.4 Å². The molecule has 24 heavy (non-hydrogen) atoms. The molecule has 8 nitrogen and oxygen atoms in total. The molecule has 3 rings (SSSR count). The van der Waals surface area contributed by atoms with Gasteiger partial charge in [0, 0.05) is 11.3 Å². The van der Waals surface area contributed by atoms with Gasteiger partial charge in [0.2, 0.25) is 5.95 Å². The van der Waals surface area contributed by atoms with Gasteiger partial charge in [-0.15, -0.1) is 0 Å². The van der Waals surface area contributed by atoms with Crippen molar-refractivity contribution in [3.8, 4) is 5.75 Å². The minimum absolute atomic E-state index is 0.230. The van der Waals surface area contributed by atoms with Gasteiger partial charge in [0.15, 0.2) is 0 Å². The minimum atomic E-state index is -0.529. The van der Waals surface area contributed by atoms with E-state index in [2.05, 4.69) is 20.8 Å². The summed E-state index contributed by atoms with van der Waals surface area (Å²) in [6.07, 6.45) is -0.230. The molecule has 0 saturated heterocycles. The number of hydrogen-bond donors (Lipinski definition) is 1. The number of hydrogen-bond acceptors (Lipinski definition) is 7. The Morgan fingerprint density at radius 3 is 2.79 bits per heavy atom. The number of fused-ring (bicyclic) bond motifs is 1. The van der Waals surface area contributed by atoms with Crippen molar-refractivity contribution in [2.24, 2.45) is 0 Å². The van der Waals surface area contributed by atoms with Crippen LogP contribution in [0.25, 0.3) is 0 Å². The second-order valence-electron chi connectivity index (χ2n) is 5.71. The molecule has 0 unspecified atom stereocenters. The lowest BCUT2D eigenvalue weighted by molar-refractivity contribution is -0.143. The van der Waals surface area contributed by atoms with E-state index < -0.39 is 12.0 Å². The van der Waals surface area contributed by atoms with E-state index in [0.717, 1.165) is 5.56 Å². The van der Waals surface area contributed by atoms with Crippen LogP contribution >= 0.6 is 0 Å². The van der Waals surface area contributed by atoms with Crippen molar-refractivity contribution < 1.29 is 14.3 Å². The molecule has 0 aliphatic carbocycles. The Hall–Kier alpha value is -2.90. The van der Waals surface area contributed by atoms with Gasteiger partial charge >= 0.3 is 5.97 Å². The van der Waals surface area contributed by atoms with E-state index in [1.165, 1.54) is 0 Å². The maximum absolute atomic E-state index is 12.7. The van der Waals surface area contributed by atoms with Gasteiger partial charge in [0.25, 0.3) is 0 Å². The van der Waals surface area contributed by atoms with Crippen LogP contribution in [0.4, 0.5) is 5.95 Å². The molecule has 1 aliphatic rings. The molecule has 0 bridgehead atoms. The number of ether oxygens (including phenoxy) is 2. The van der Waals surface area contributed by atoms with E-state index in [0.29, 0.717) is 23.0 Å². The molecule has 0 spiro atoms. The zero-order valence-corrected chi connectivity index (χ0v) is 14.0. The van der Waals surface area contributed by atoms with E-state index in [1.807, 2.05) is 38.1 Å². The summed E-state index contributed by atoms with van der Waals surface area (Å²) in [5, 5.41) is 14.7. The molecule has 2 aromatic rings. The number of anilines is 1. The number of nitrogens with zero attached hydrogens (tertiary/aromatic N) is 4. The number of methoxy groups -OCH3 is 1. The average Bonchev–Trinajstić information content (AvgIpc) is 3.00. The Bertz CT molecular complexity index is 797. The molecule has 126 valence electrons. The van der Waals surface area contributed by atoms with Gasteiger partial charge in [-0.3, -0.25) is 0 Å². The molecular formula is C16H19N5O3. The number of tetrazole rings is 1. The van der Waals surface area contributed by atoms with E-state index in [-0.39, 0.29) is 6.10 Å². The van der Waals surface area contributed by atoms with Crippen molar-refractivity contribution in [1.82, 2.24) is 20.2 Å². The molecule has 2 heterocycles. The third-order valence-corrected chi connectivity index (χ3v) is 3.71. The number of rotatable bonds is 4. The maximum Gasteiger partial charge on any atom is 0.338 e. The second kappa shape index (κ2) is 6.31. The van der Waals surface area contributed by atoms with E-state index in [4.69, 9.17) is 9.47 Å². The molecule has 0 fully saturated rings. The van der Waals surface area contributed by atoms with Crippen molar-refractivity contribution in [2.75, 3.05) is 12.4 Å². The Morgan fingerprint density at radius 1 is 1.33 bits per heavy atom. The van der Waals surface area contributed by atoms with Gasteiger partial charge in [-0.05, 0) is 37.3 Å². The summed E-state index contributed by atoms with van der Waals surface area (Å²) < 4.78 is 12.4. The van der Waals surface area contributed by atoms with Crippen molar-refractivity contribution in [3.63, 3.8) is 0 Å². The zero-order valence-electron chi connectivity index (χ0n) is 14.0. The van der Waals surface area contributed by atoms with E-state index >= 15 is 0 Å². The highest BCUT2D eigenvalue weighted by Crippen LogP contribution is 2.38. The Kier molecular flexibility index (Phi) is 4.20. The highest BCUT2D eigenvalue weighted by atomic mass is 16.5. The second-order valence-corrected chi connectivity index (χ2v) is 5.71. The number of allylic oxidation sites excluding steroid dienone is 1. The van der Waals surface area contributed by atoms with Crippen LogP contribution in [0.3, 0.4) is 0 Å². The Balaban J connectivity index is 2.16. The molecule has 0 saturated carbocycles. The first-order valence-corrected chi connectivity index (χ1v) is 7.62. The predicted molar refractivity (Wildman–Crippen MR) is 86.5 cm³/mol. The summed E-state index contributed by atoms with van der Waals surface area (Å²) in [6, 6.07) is 6.94. The van der Waals surface area contributed by atoms with Crippen LogP contribution in [0.5, 0.6) is 5.75 Å². The first-order chi connectivity index (χ1) is 11.5. The van der Waals surface area contributed by atoms with Crippen LogP contribution < -0.4 is 10.1 Å². The standard InChI is InChI=1S/C16H19N5O3/c1-9(2)24-15(22)13-10(3)17-16-18-19-20-21(16)14(13)11-7-5-6-8-12(11)23-4/h5-9,14H,1-4H3,(H,17,18,20)/t14-/m0/s1. The lowest BCUT2D eigenvalue weighted by atomic mass is 9.95. The SMILES string of the molecule is COc1ccccc1[C@H]1C(C(=O)OC(C)C)=C(C)Nc2nnnn21. The van der Waals surface area contributed by atoms with Gasteiger partial charge in [-0.25, -0.2) is 4.79 Å². The monoisotopic (exact) mass is 329 g/mol. The Morgan fingerprint density at radius 2 is 2.08 bits per heavy atom. The van der Waals surface area contributed by atoms with Gasteiger partial charge < -0.3 is 14.8 Å². The minimum Gasteiger partial charge on any atom is -0.496 e. The third-order valence-electron chi connectivity index (χ3n) is 3.71. The summed E-state index contributed by atoms with van der Waals surface area (Å²) >= 11 is 0. The first kappa shape index (κ1) is 16.0. The maximum atomic E-state index is 12.7. The van der Waals surface area contributed by atoms with E-state index in [9.17, 15) is 4.79 Å². The molecule has 8 heteroatoms. The molecule has 0 radical (unpaired) electrons. The van der Waals surface area contributed by atoms with Crippen LogP contribution in [0.15, 0.2) is 35.5 Å². The topological polar surface area (TPSA) is 91.2 Å². The summed E-state index contributed by atoms with van der Waals surface area (Å²) in [5.41, 5.74) is 1.89. The zero-order chi connectivity index (χ0) is 17.3. The van der Waals surface area contributed by atoms with Crippen LogP contribution in [0, 0.1) is 0 Å². The number of benzene rings is 1. The third kappa shape index (κ3) is 2.70. The van der Waals surface area contributed by atoms with Crippen molar-refractivity contribution in [3.05, 3.63) is 41.1 Å². The molecule has 1 atom stereocenters. The lowest BCUT2D eigenvalue weighted by Crippen LogP contribution is -2.30. The lowest BCUT2D eigenvalue weighted by Gasteiger charge is -2.28. The number of esters is 1. The number of carbonyl (C=O) groups is 1. The number of carbonyl (C=O) groups excluding carboxylic acids is 1. The van der Waals surface area contributed by atoms with Gasteiger partial charge in [-0.1, -0.05) is 23.3 Å². The van der Waals surface area contributed by atoms with Crippen molar-refractivity contribution >= 4 is 11.9 Å². The van der Waals surface area contributed by atoms with Gasteiger partial charge in [0.05, 0.1) is 18.8 Å². The molecule has 1 aliphatic heterocycles. The molecule has 0 amide bonds. The molecule has 1 N–H and O–H groups in total. The summed E-state index contributed by atoms with van der Waals surface area (Å²) in [7, 11) is 1.59. The number of aromatic nitrogens is 4. The summed E-state index contributed by atoms with van der Waals surface area (Å²) in [4.78, 5) is 12.7. The fraction of sp³-hybridized carbons (Fsp3) is 0.375. The van der Waals surface area contributed by atoms with Crippen molar-refractivity contribution in [1.29, 1.82) is 0 Å². The Labute approximate surface area is 139 Å². The largest absolute Gasteiger partial charge is 0.496 e. The fourth-order valence-electron chi connectivity index (χ4n) is 2.73. The smallest absolute Gasteiger partial charge is 0.338 e. The van der Waals surface area contributed by atoms with Gasteiger partial charge in [-0.2, -0.15) is 4.68 Å². The van der Waals surface area contributed by atoms with Crippen LogP contribution in [-0.2, 0) is 9.53 Å². The summed E-state index contributed by atoms with van der Waals surface area (Å²) in [5.74, 6) is 0.699. The predicted octanol–water partition coefficient (Wildman–Crippen LogP) is 1.92. The van der Waals surface area contributed by atoms with Crippen LogP contribution in [0.1, 0.15) is 32.4 Å². The van der Waals surface area contributed by atoms with E-state index in [1.54, 1.807) is 18.7 Å². The van der Waals surface area contributed by atoms with Gasteiger partial charge in [0.1, 0.15) is 11.8 Å². The molecule has 1 aromatic heterocycles. The highest BCUT2D eigenvalue weighted by Gasteiger charge is 2.36. The molecular weight excluding hydrogens is 310 g/mol. The number of nitrogens with one attached hydrogen (secondary N) is 1. The number of para-hydroxylation sites is 1. The average molecular weight is 329 g/mol. The normalized spacial score (nSPS) is 16.6. The molecule has 1 aromatic carbocycles. The van der Waals surface area contributed by atoms with Crippen LogP contribution in [0.2, 0.25) is 0 Å². The fourth-order valence-corrected chi connectivity index (χ4v) is 2.73.